The average Bonchev–Trinajstić information content (AvgIpc) is 2.58. The Balaban J connectivity index is 2.21. The molecule has 1 heterocycles. The maximum Gasteiger partial charge on any atom is 0.0431 e. The highest BCUT2D eigenvalue weighted by Gasteiger charge is 2.23. The number of likely N-dealkylation sites (N-methyl/N-ethyl adjacent to an activating group) is 1. The zero-order valence-corrected chi connectivity index (χ0v) is 9.58. The van der Waals surface area contributed by atoms with E-state index in [2.05, 4.69) is 23.9 Å². The van der Waals surface area contributed by atoms with Gasteiger partial charge < -0.3 is 10.0 Å². The van der Waals surface area contributed by atoms with Crippen LogP contribution in [0.25, 0.3) is 0 Å². The molecule has 0 bridgehead atoms. The van der Waals surface area contributed by atoms with Crippen molar-refractivity contribution in [2.75, 3.05) is 40.3 Å². The van der Waals surface area contributed by atoms with Crippen molar-refractivity contribution in [2.24, 2.45) is 0 Å². The van der Waals surface area contributed by atoms with Crippen molar-refractivity contribution in [3.63, 3.8) is 0 Å². The van der Waals surface area contributed by atoms with Gasteiger partial charge in [0.05, 0.1) is 0 Å². The molecule has 0 aromatic heterocycles. The number of hydrogen-bond donors (Lipinski definition) is 1. The van der Waals surface area contributed by atoms with Gasteiger partial charge >= 0.3 is 0 Å². The first-order chi connectivity index (χ1) is 6.74. The van der Waals surface area contributed by atoms with Gasteiger partial charge in [-0.1, -0.05) is 0 Å². The van der Waals surface area contributed by atoms with Gasteiger partial charge in [-0.05, 0) is 46.3 Å². The van der Waals surface area contributed by atoms with Gasteiger partial charge in [0.1, 0.15) is 0 Å². The Morgan fingerprint density at radius 1 is 1.43 bits per heavy atom. The molecule has 1 aliphatic heterocycles. The predicted octanol–water partition coefficient (Wildman–Crippen LogP) is 0.785. The Morgan fingerprint density at radius 2 is 2.21 bits per heavy atom. The molecule has 1 aliphatic rings. The van der Waals surface area contributed by atoms with E-state index in [0.717, 1.165) is 19.0 Å². The summed E-state index contributed by atoms with van der Waals surface area (Å²) >= 11 is 0. The number of aliphatic hydroxyl groups excluding tert-OH is 1. The molecule has 1 saturated heterocycles. The Hall–Kier alpha value is -0.120. The molecule has 1 unspecified atom stereocenters. The van der Waals surface area contributed by atoms with E-state index >= 15 is 0 Å². The number of aliphatic hydroxyl groups is 1. The summed E-state index contributed by atoms with van der Waals surface area (Å²) in [6.45, 7) is 3.93. The molecule has 0 amide bonds. The standard InChI is InChI=1S/C11H24N2O/c1-12(2)8-9-13-7-3-5-11(13)6-4-10-14/h11,14H,3-10H2,1-2H3. The van der Waals surface area contributed by atoms with E-state index < -0.39 is 0 Å². The SMILES string of the molecule is CN(C)CCN1CCCC1CCCO. The normalized spacial score (nSPS) is 23.6. The van der Waals surface area contributed by atoms with Gasteiger partial charge in [0.25, 0.3) is 0 Å². The molecular weight excluding hydrogens is 176 g/mol. The molecule has 0 aromatic carbocycles. The summed E-state index contributed by atoms with van der Waals surface area (Å²) in [6.07, 6.45) is 4.80. The topological polar surface area (TPSA) is 26.7 Å². The third-order valence-electron chi connectivity index (χ3n) is 3.03. The summed E-state index contributed by atoms with van der Waals surface area (Å²) < 4.78 is 0. The average molecular weight is 200 g/mol. The van der Waals surface area contributed by atoms with Crippen molar-refractivity contribution in [1.29, 1.82) is 0 Å². The largest absolute Gasteiger partial charge is 0.396 e. The molecule has 14 heavy (non-hydrogen) atoms. The fourth-order valence-electron chi connectivity index (χ4n) is 2.17. The van der Waals surface area contributed by atoms with Crippen LogP contribution in [-0.2, 0) is 0 Å². The van der Waals surface area contributed by atoms with Gasteiger partial charge in [-0.2, -0.15) is 0 Å². The fourth-order valence-corrected chi connectivity index (χ4v) is 2.17. The van der Waals surface area contributed by atoms with Crippen LogP contribution in [0.4, 0.5) is 0 Å². The highest BCUT2D eigenvalue weighted by molar-refractivity contribution is 4.79. The van der Waals surface area contributed by atoms with Gasteiger partial charge in [-0.15, -0.1) is 0 Å². The Kier molecular flexibility index (Phi) is 5.45. The number of likely N-dealkylation sites (tertiary alicyclic amines) is 1. The van der Waals surface area contributed by atoms with E-state index in [-0.39, 0.29) is 0 Å². The molecular formula is C11H24N2O. The molecule has 0 aliphatic carbocycles. The van der Waals surface area contributed by atoms with Gasteiger partial charge in [0, 0.05) is 25.7 Å². The van der Waals surface area contributed by atoms with Crippen molar-refractivity contribution >= 4 is 0 Å². The van der Waals surface area contributed by atoms with E-state index in [1.165, 1.54) is 32.4 Å². The molecule has 1 fully saturated rings. The van der Waals surface area contributed by atoms with E-state index in [0.29, 0.717) is 6.61 Å². The van der Waals surface area contributed by atoms with Crippen molar-refractivity contribution in [1.82, 2.24) is 9.80 Å². The molecule has 84 valence electrons. The highest BCUT2D eigenvalue weighted by atomic mass is 16.2. The second-order valence-electron chi connectivity index (χ2n) is 4.50. The van der Waals surface area contributed by atoms with Crippen LogP contribution in [0.2, 0.25) is 0 Å². The van der Waals surface area contributed by atoms with E-state index in [4.69, 9.17) is 5.11 Å². The minimum atomic E-state index is 0.345. The Bertz CT molecular complexity index is 150. The van der Waals surface area contributed by atoms with Crippen molar-refractivity contribution in [3.8, 4) is 0 Å². The number of rotatable bonds is 6. The maximum atomic E-state index is 8.80. The summed E-state index contributed by atoms with van der Waals surface area (Å²) in [5.74, 6) is 0. The van der Waals surface area contributed by atoms with E-state index in [9.17, 15) is 0 Å². The Morgan fingerprint density at radius 3 is 2.86 bits per heavy atom. The second kappa shape index (κ2) is 6.38. The first-order valence-corrected chi connectivity index (χ1v) is 5.73. The third-order valence-corrected chi connectivity index (χ3v) is 3.03. The Labute approximate surface area is 87.7 Å². The van der Waals surface area contributed by atoms with Crippen LogP contribution in [0.3, 0.4) is 0 Å². The van der Waals surface area contributed by atoms with Crippen LogP contribution in [-0.4, -0.2) is 61.3 Å². The smallest absolute Gasteiger partial charge is 0.0431 e. The monoisotopic (exact) mass is 200 g/mol. The molecule has 3 nitrogen and oxygen atoms in total. The van der Waals surface area contributed by atoms with Crippen molar-refractivity contribution < 1.29 is 5.11 Å². The third kappa shape index (κ3) is 3.95. The lowest BCUT2D eigenvalue weighted by atomic mass is 10.1. The van der Waals surface area contributed by atoms with Gasteiger partial charge in [0.15, 0.2) is 0 Å². The lowest BCUT2D eigenvalue weighted by Gasteiger charge is -2.25. The van der Waals surface area contributed by atoms with Crippen LogP contribution in [0.1, 0.15) is 25.7 Å². The van der Waals surface area contributed by atoms with Crippen LogP contribution < -0.4 is 0 Å². The summed E-state index contributed by atoms with van der Waals surface area (Å²) in [5.41, 5.74) is 0. The maximum absolute atomic E-state index is 8.80. The van der Waals surface area contributed by atoms with E-state index in [1.54, 1.807) is 0 Å². The van der Waals surface area contributed by atoms with Gasteiger partial charge in [0.2, 0.25) is 0 Å². The molecule has 1 atom stereocenters. The molecule has 0 aromatic rings. The van der Waals surface area contributed by atoms with Crippen LogP contribution in [0.15, 0.2) is 0 Å². The first kappa shape index (κ1) is 12.0. The van der Waals surface area contributed by atoms with Crippen LogP contribution in [0.5, 0.6) is 0 Å². The molecule has 3 heteroatoms. The summed E-state index contributed by atoms with van der Waals surface area (Å²) in [5, 5.41) is 8.80. The quantitative estimate of drug-likeness (QED) is 0.686. The summed E-state index contributed by atoms with van der Waals surface area (Å²) in [6, 6.07) is 0.738. The minimum Gasteiger partial charge on any atom is -0.396 e. The fraction of sp³-hybridized carbons (Fsp3) is 1.00. The first-order valence-electron chi connectivity index (χ1n) is 5.73. The van der Waals surface area contributed by atoms with Crippen LogP contribution >= 0.6 is 0 Å². The molecule has 0 saturated carbocycles. The zero-order chi connectivity index (χ0) is 10.4. The van der Waals surface area contributed by atoms with Gasteiger partial charge in [-0.25, -0.2) is 0 Å². The minimum absolute atomic E-state index is 0.345. The number of hydrogen-bond acceptors (Lipinski definition) is 3. The lowest BCUT2D eigenvalue weighted by molar-refractivity contribution is 0.200. The zero-order valence-electron chi connectivity index (χ0n) is 9.58. The van der Waals surface area contributed by atoms with Crippen LogP contribution in [0, 0.1) is 0 Å². The predicted molar refractivity (Wildman–Crippen MR) is 59.5 cm³/mol. The molecule has 1 rings (SSSR count). The second-order valence-corrected chi connectivity index (χ2v) is 4.50. The molecule has 1 N–H and O–H groups in total. The number of nitrogens with zero attached hydrogens (tertiary/aromatic N) is 2. The van der Waals surface area contributed by atoms with Gasteiger partial charge in [-0.3, -0.25) is 4.90 Å². The lowest BCUT2D eigenvalue weighted by Crippen LogP contribution is -2.35. The highest BCUT2D eigenvalue weighted by Crippen LogP contribution is 2.20. The summed E-state index contributed by atoms with van der Waals surface area (Å²) in [7, 11) is 4.25. The van der Waals surface area contributed by atoms with Crippen molar-refractivity contribution in [3.05, 3.63) is 0 Å². The summed E-state index contributed by atoms with van der Waals surface area (Å²) in [4.78, 5) is 4.82. The van der Waals surface area contributed by atoms with Crippen molar-refractivity contribution in [2.45, 2.75) is 31.7 Å². The molecule has 0 radical (unpaired) electrons. The molecule has 0 spiro atoms. The van der Waals surface area contributed by atoms with E-state index in [1.807, 2.05) is 0 Å².